The Bertz CT molecular complexity index is 793. The van der Waals surface area contributed by atoms with Crippen LogP contribution in [0.25, 0.3) is 0 Å². The van der Waals surface area contributed by atoms with Crippen molar-refractivity contribution in [2.45, 2.75) is 58.5 Å². The predicted octanol–water partition coefficient (Wildman–Crippen LogP) is 4.35. The van der Waals surface area contributed by atoms with E-state index < -0.39 is 11.0 Å². The van der Waals surface area contributed by atoms with Crippen LogP contribution in [0.1, 0.15) is 52.9 Å². The molecule has 0 aromatic rings. The summed E-state index contributed by atoms with van der Waals surface area (Å²) >= 11 is 6.66. The third-order valence-electron chi connectivity index (χ3n) is 8.26. The maximum atomic E-state index is 12.4. The number of halogens is 1. The Morgan fingerprint density at radius 3 is 2.65 bits per heavy atom. The fourth-order valence-corrected chi connectivity index (χ4v) is 7.11. The van der Waals surface area contributed by atoms with Crippen LogP contribution in [0.2, 0.25) is 0 Å². The van der Waals surface area contributed by atoms with Crippen molar-refractivity contribution in [1.29, 1.82) is 0 Å². The van der Waals surface area contributed by atoms with E-state index in [1.54, 1.807) is 6.08 Å². The topological polar surface area (TPSA) is 54.4 Å². The van der Waals surface area contributed by atoms with Gasteiger partial charge in [0.2, 0.25) is 0 Å². The number of Topliss-reactive ketones (excluding diaryl/α,β-unsaturated/α-hetero) is 1. The lowest BCUT2D eigenvalue weighted by molar-refractivity contribution is -0.151. The molecular formula is C22H27ClO3. The van der Waals surface area contributed by atoms with Crippen molar-refractivity contribution in [3.05, 3.63) is 34.9 Å². The highest BCUT2D eigenvalue weighted by molar-refractivity contribution is 6.32. The average molecular weight is 375 g/mol. The van der Waals surface area contributed by atoms with Gasteiger partial charge in [-0.3, -0.25) is 9.59 Å². The molecular weight excluding hydrogens is 348 g/mol. The van der Waals surface area contributed by atoms with Gasteiger partial charge in [0, 0.05) is 16.9 Å². The summed E-state index contributed by atoms with van der Waals surface area (Å²) in [6.07, 6.45) is 7.59. The van der Waals surface area contributed by atoms with Crippen LogP contribution in [-0.2, 0) is 9.59 Å². The van der Waals surface area contributed by atoms with Gasteiger partial charge in [-0.05, 0) is 73.0 Å². The van der Waals surface area contributed by atoms with Crippen molar-refractivity contribution in [3.63, 3.8) is 0 Å². The molecule has 2 saturated carbocycles. The zero-order valence-electron chi connectivity index (χ0n) is 15.8. The number of ketones is 2. The zero-order chi connectivity index (χ0) is 19.1. The molecule has 0 spiro atoms. The van der Waals surface area contributed by atoms with Crippen molar-refractivity contribution >= 4 is 23.2 Å². The van der Waals surface area contributed by atoms with Crippen molar-refractivity contribution in [3.8, 4) is 0 Å². The highest BCUT2D eigenvalue weighted by atomic mass is 35.5. The summed E-state index contributed by atoms with van der Waals surface area (Å²) in [5, 5.41) is 12.0. The number of carbonyl (C=O) groups is 2. The second kappa shape index (κ2) is 5.42. The smallest absolute Gasteiger partial charge is 0.166 e. The van der Waals surface area contributed by atoms with E-state index in [2.05, 4.69) is 19.6 Å². The molecule has 3 nitrogen and oxygen atoms in total. The summed E-state index contributed by atoms with van der Waals surface area (Å²) in [4.78, 5) is 24.3. The molecule has 0 aromatic heterocycles. The Morgan fingerprint density at radius 2 is 2.00 bits per heavy atom. The van der Waals surface area contributed by atoms with Gasteiger partial charge in [0.15, 0.2) is 11.6 Å². The molecule has 0 unspecified atom stereocenters. The first-order valence-electron chi connectivity index (χ1n) is 9.60. The van der Waals surface area contributed by atoms with Crippen LogP contribution in [0.4, 0.5) is 0 Å². The van der Waals surface area contributed by atoms with Crippen molar-refractivity contribution < 1.29 is 14.7 Å². The van der Waals surface area contributed by atoms with Gasteiger partial charge in [0.25, 0.3) is 0 Å². The van der Waals surface area contributed by atoms with Gasteiger partial charge >= 0.3 is 0 Å². The van der Waals surface area contributed by atoms with Crippen molar-refractivity contribution in [1.82, 2.24) is 0 Å². The summed E-state index contributed by atoms with van der Waals surface area (Å²) in [5.41, 5.74) is -0.425. The normalized spacial score (nSPS) is 47.5. The summed E-state index contributed by atoms with van der Waals surface area (Å²) in [6, 6.07) is 0. The van der Waals surface area contributed by atoms with Crippen LogP contribution >= 0.6 is 11.6 Å². The third-order valence-corrected chi connectivity index (χ3v) is 8.59. The third kappa shape index (κ3) is 1.99. The lowest BCUT2D eigenvalue weighted by Crippen LogP contribution is -2.56. The molecule has 1 N–H and O–H groups in total. The first-order valence-corrected chi connectivity index (χ1v) is 9.98. The quantitative estimate of drug-likeness (QED) is 0.694. The molecule has 0 radical (unpaired) electrons. The maximum absolute atomic E-state index is 12.4. The molecule has 4 rings (SSSR count). The van der Waals surface area contributed by atoms with E-state index in [0.717, 1.165) is 24.8 Å². The lowest BCUT2D eigenvalue weighted by Gasteiger charge is -2.57. The fraction of sp³-hybridized carbons (Fsp3) is 0.636. The van der Waals surface area contributed by atoms with Crippen LogP contribution in [-0.4, -0.2) is 22.3 Å². The summed E-state index contributed by atoms with van der Waals surface area (Å²) in [5.74, 6) is 0.675. The Labute approximate surface area is 160 Å². The van der Waals surface area contributed by atoms with Gasteiger partial charge in [-0.2, -0.15) is 0 Å². The minimum absolute atomic E-state index is 0.107. The minimum Gasteiger partial charge on any atom is -0.377 e. The Hall–Kier alpha value is -1.19. The molecule has 0 bridgehead atoms. The predicted molar refractivity (Wildman–Crippen MR) is 102 cm³/mol. The van der Waals surface area contributed by atoms with Crippen molar-refractivity contribution in [2.75, 3.05) is 0 Å². The number of fused-ring (bicyclic) bond motifs is 5. The first-order chi connectivity index (χ1) is 12.1. The first kappa shape index (κ1) is 18.2. The van der Waals surface area contributed by atoms with E-state index in [9.17, 15) is 14.7 Å². The van der Waals surface area contributed by atoms with Crippen molar-refractivity contribution in [2.24, 2.45) is 28.6 Å². The molecule has 0 aromatic carbocycles. The highest BCUT2D eigenvalue weighted by Crippen LogP contribution is 2.68. The van der Waals surface area contributed by atoms with Gasteiger partial charge in [0.1, 0.15) is 5.60 Å². The van der Waals surface area contributed by atoms with Crippen LogP contribution in [0.15, 0.2) is 34.9 Å². The number of aliphatic hydroxyl groups is 1. The molecule has 0 aliphatic heterocycles. The molecule has 0 heterocycles. The fourth-order valence-electron chi connectivity index (χ4n) is 6.69. The van der Waals surface area contributed by atoms with E-state index >= 15 is 0 Å². The Morgan fingerprint density at radius 1 is 1.31 bits per heavy atom. The monoisotopic (exact) mass is 374 g/mol. The largest absolute Gasteiger partial charge is 0.377 e. The minimum atomic E-state index is -1.44. The zero-order valence-corrected chi connectivity index (χ0v) is 16.5. The molecule has 26 heavy (non-hydrogen) atoms. The van der Waals surface area contributed by atoms with Crippen LogP contribution in [0.3, 0.4) is 0 Å². The standard InChI is InChI=1S/C22H27ClO3/c1-12-9-17-15-11-19(23)18-10-14(25)5-7-20(18,3)16(15)6-8-21(17,4)22(12,26)13(2)24/h10-11,15-17,26H,1,5-9H2,2-4H3/t15-,16+,17+,20-,21+,22+/m1/s1. The van der Waals surface area contributed by atoms with E-state index in [1.807, 2.05) is 6.92 Å². The average Bonchev–Trinajstić information content (AvgIpc) is 2.78. The molecule has 2 fully saturated rings. The number of hydrogen-bond donors (Lipinski definition) is 1. The Balaban J connectivity index is 1.83. The van der Waals surface area contributed by atoms with E-state index in [4.69, 9.17) is 11.6 Å². The molecule has 4 heteroatoms. The molecule has 4 aliphatic rings. The van der Waals surface area contributed by atoms with Crippen LogP contribution < -0.4 is 0 Å². The van der Waals surface area contributed by atoms with Gasteiger partial charge in [-0.1, -0.05) is 38.1 Å². The SMILES string of the molecule is C=C1C[C@H]2[C@@H]3C=C(Cl)C4=CC(=O)CC[C@]4(C)[C@H]3CC[C@]2(C)[C@@]1(O)C(C)=O. The summed E-state index contributed by atoms with van der Waals surface area (Å²) in [6.45, 7) is 9.85. The van der Waals surface area contributed by atoms with E-state index in [1.165, 1.54) is 6.92 Å². The van der Waals surface area contributed by atoms with Gasteiger partial charge in [-0.25, -0.2) is 0 Å². The van der Waals surface area contributed by atoms with Gasteiger partial charge in [-0.15, -0.1) is 0 Å². The van der Waals surface area contributed by atoms with E-state index in [0.29, 0.717) is 29.4 Å². The molecule has 140 valence electrons. The number of allylic oxidation sites excluding steroid dienone is 4. The summed E-state index contributed by atoms with van der Waals surface area (Å²) < 4.78 is 0. The maximum Gasteiger partial charge on any atom is 0.166 e. The molecule has 0 amide bonds. The van der Waals surface area contributed by atoms with Gasteiger partial charge < -0.3 is 5.11 Å². The summed E-state index contributed by atoms with van der Waals surface area (Å²) in [7, 11) is 0. The second-order valence-electron chi connectivity index (χ2n) is 9.28. The number of rotatable bonds is 1. The van der Waals surface area contributed by atoms with E-state index in [-0.39, 0.29) is 28.8 Å². The lowest BCUT2D eigenvalue weighted by atomic mass is 9.48. The number of hydrogen-bond acceptors (Lipinski definition) is 3. The van der Waals surface area contributed by atoms with Gasteiger partial charge in [0.05, 0.1) is 0 Å². The highest BCUT2D eigenvalue weighted by Gasteiger charge is 2.66. The van der Waals surface area contributed by atoms with Crippen LogP contribution in [0.5, 0.6) is 0 Å². The Kier molecular flexibility index (Phi) is 3.79. The molecule has 6 atom stereocenters. The molecule has 0 saturated heterocycles. The molecule has 4 aliphatic carbocycles. The number of carbonyl (C=O) groups excluding carboxylic acids is 2. The van der Waals surface area contributed by atoms with Crippen LogP contribution in [0, 0.1) is 28.6 Å². The second-order valence-corrected chi connectivity index (χ2v) is 9.68.